The van der Waals surface area contributed by atoms with E-state index in [0.717, 1.165) is 12.2 Å². The Morgan fingerprint density at radius 1 is 1.31 bits per heavy atom. The molecule has 0 N–H and O–H groups in total. The Hall–Kier alpha value is -0.690. The fraction of sp³-hybridized carbons (Fsp3) is 0.571. The van der Waals surface area contributed by atoms with Crippen LogP contribution in [0, 0.1) is 5.92 Å². The molecule has 1 rings (SSSR count). The lowest BCUT2D eigenvalue weighted by Gasteiger charge is -2.21. The molecule has 0 bridgehead atoms. The number of benzene rings is 1. The van der Waals surface area contributed by atoms with Crippen LogP contribution in [0.2, 0.25) is 0 Å². The fourth-order valence-electron chi connectivity index (χ4n) is 1.91. The number of methoxy groups -OCH3 is 1. The van der Waals surface area contributed by atoms with Gasteiger partial charge in [0.2, 0.25) is 0 Å². The van der Waals surface area contributed by atoms with Gasteiger partial charge in [0.1, 0.15) is 5.75 Å². The van der Waals surface area contributed by atoms with Crippen molar-refractivity contribution in [2.75, 3.05) is 13.0 Å². The van der Waals surface area contributed by atoms with Gasteiger partial charge in [-0.05, 0) is 29.5 Å². The van der Waals surface area contributed by atoms with Gasteiger partial charge in [-0.25, -0.2) is 0 Å². The number of halogens is 1. The predicted octanol–water partition coefficient (Wildman–Crippen LogP) is 4.24. The molecule has 2 heteroatoms. The van der Waals surface area contributed by atoms with Crippen molar-refractivity contribution >= 4 is 11.6 Å². The first-order chi connectivity index (χ1) is 7.63. The van der Waals surface area contributed by atoms with Gasteiger partial charge in [0.05, 0.1) is 7.11 Å². The summed E-state index contributed by atoms with van der Waals surface area (Å²) in [6, 6.07) is 6.40. The molecule has 16 heavy (non-hydrogen) atoms. The second kappa shape index (κ2) is 6.15. The summed E-state index contributed by atoms with van der Waals surface area (Å²) in [6.07, 6.45) is 1.05. The van der Waals surface area contributed by atoms with Gasteiger partial charge < -0.3 is 4.74 Å². The average Bonchev–Trinajstić information content (AvgIpc) is 2.29. The van der Waals surface area contributed by atoms with E-state index in [-0.39, 0.29) is 0 Å². The zero-order chi connectivity index (χ0) is 12.1. The summed E-state index contributed by atoms with van der Waals surface area (Å²) in [6.45, 7) is 6.56. The summed E-state index contributed by atoms with van der Waals surface area (Å²) >= 11 is 6.07. The van der Waals surface area contributed by atoms with Crippen molar-refractivity contribution in [3.8, 4) is 5.75 Å². The van der Waals surface area contributed by atoms with Gasteiger partial charge >= 0.3 is 0 Å². The molecule has 0 aliphatic heterocycles. The second-order valence-corrected chi connectivity index (χ2v) is 4.74. The molecule has 90 valence electrons. The Morgan fingerprint density at radius 2 is 2.00 bits per heavy atom. The average molecular weight is 241 g/mol. The van der Waals surface area contributed by atoms with Crippen LogP contribution in [0.3, 0.4) is 0 Å². The van der Waals surface area contributed by atoms with Crippen molar-refractivity contribution in [1.29, 1.82) is 0 Å². The van der Waals surface area contributed by atoms with Gasteiger partial charge in [0, 0.05) is 11.8 Å². The zero-order valence-corrected chi connectivity index (χ0v) is 11.3. The molecule has 1 nitrogen and oxygen atoms in total. The summed E-state index contributed by atoms with van der Waals surface area (Å²) in [5, 5.41) is 0. The van der Waals surface area contributed by atoms with Crippen LogP contribution in [0.1, 0.15) is 37.8 Å². The summed E-state index contributed by atoms with van der Waals surface area (Å²) in [5.74, 6) is 2.49. The topological polar surface area (TPSA) is 9.23 Å². The van der Waals surface area contributed by atoms with Gasteiger partial charge in [0.25, 0.3) is 0 Å². The smallest absolute Gasteiger partial charge is 0.122 e. The van der Waals surface area contributed by atoms with E-state index in [1.54, 1.807) is 7.11 Å². The highest BCUT2D eigenvalue weighted by atomic mass is 35.5. The minimum absolute atomic E-state index is 0.364. The standard InChI is InChI=1S/C14H21ClO/c1-5-11-6-7-14(16-4)12(8-11)13(9-15)10(2)3/h6-8,10,13H,5,9H2,1-4H3. The maximum Gasteiger partial charge on any atom is 0.122 e. The fourth-order valence-corrected chi connectivity index (χ4v) is 2.44. The first-order valence-electron chi connectivity index (χ1n) is 5.86. The third-order valence-corrected chi connectivity index (χ3v) is 3.41. The molecule has 0 aliphatic rings. The monoisotopic (exact) mass is 240 g/mol. The lowest BCUT2D eigenvalue weighted by molar-refractivity contribution is 0.399. The maximum absolute atomic E-state index is 6.07. The molecule has 0 heterocycles. The lowest BCUT2D eigenvalue weighted by atomic mass is 9.88. The molecule has 0 fully saturated rings. The Labute approximate surface area is 104 Å². The molecular formula is C14H21ClO. The number of aryl methyl sites for hydroxylation is 1. The summed E-state index contributed by atoms with van der Waals surface area (Å²) in [5.41, 5.74) is 2.58. The van der Waals surface area contributed by atoms with Gasteiger partial charge in [0.15, 0.2) is 0 Å². The van der Waals surface area contributed by atoms with Crippen molar-refractivity contribution in [3.05, 3.63) is 29.3 Å². The number of rotatable bonds is 5. The minimum atomic E-state index is 0.364. The van der Waals surface area contributed by atoms with E-state index in [0.29, 0.717) is 17.7 Å². The molecular weight excluding hydrogens is 220 g/mol. The maximum atomic E-state index is 6.07. The molecule has 0 radical (unpaired) electrons. The van der Waals surface area contributed by atoms with Crippen molar-refractivity contribution in [1.82, 2.24) is 0 Å². The van der Waals surface area contributed by atoms with Crippen LogP contribution in [0.25, 0.3) is 0 Å². The van der Waals surface area contributed by atoms with Gasteiger partial charge in [-0.3, -0.25) is 0 Å². The summed E-state index contributed by atoms with van der Waals surface area (Å²) in [4.78, 5) is 0. The van der Waals surface area contributed by atoms with Gasteiger partial charge in [-0.15, -0.1) is 11.6 Å². The van der Waals surface area contributed by atoms with Crippen LogP contribution in [-0.4, -0.2) is 13.0 Å². The Kier molecular flexibility index (Phi) is 5.14. The molecule has 1 unspecified atom stereocenters. The largest absolute Gasteiger partial charge is 0.496 e. The summed E-state index contributed by atoms with van der Waals surface area (Å²) in [7, 11) is 1.72. The highest BCUT2D eigenvalue weighted by Gasteiger charge is 2.19. The third kappa shape index (κ3) is 2.91. The van der Waals surface area contributed by atoms with E-state index in [2.05, 4.69) is 39.0 Å². The zero-order valence-electron chi connectivity index (χ0n) is 10.6. The highest BCUT2D eigenvalue weighted by molar-refractivity contribution is 6.18. The number of hydrogen-bond donors (Lipinski definition) is 0. The molecule has 0 aliphatic carbocycles. The molecule has 0 spiro atoms. The molecule has 1 aromatic rings. The van der Waals surface area contributed by atoms with E-state index in [1.807, 2.05) is 0 Å². The van der Waals surface area contributed by atoms with E-state index >= 15 is 0 Å². The van der Waals surface area contributed by atoms with E-state index < -0.39 is 0 Å². The van der Waals surface area contributed by atoms with Crippen LogP contribution in [0.5, 0.6) is 5.75 Å². The van der Waals surface area contributed by atoms with E-state index in [4.69, 9.17) is 16.3 Å². The first-order valence-corrected chi connectivity index (χ1v) is 6.40. The van der Waals surface area contributed by atoms with Crippen molar-refractivity contribution < 1.29 is 4.74 Å². The Morgan fingerprint density at radius 3 is 2.44 bits per heavy atom. The molecule has 0 amide bonds. The SMILES string of the molecule is CCc1ccc(OC)c(C(CCl)C(C)C)c1. The molecule has 1 aromatic carbocycles. The van der Waals surface area contributed by atoms with Crippen LogP contribution in [0.4, 0.5) is 0 Å². The summed E-state index contributed by atoms with van der Waals surface area (Å²) < 4.78 is 5.42. The Bertz CT molecular complexity index is 334. The molecule has 0 aromatic heterocycles. The van der Waals surface area contributed by atoms with E-state index in [9.17, 15) is 0 Å². The van der Waals surface area contributed by atoms with E-state index in [1.165, 1.54) is 11.1 Å². The van der Waals surface area contributed by atoms with Crippen LogP contribution < -0.4 is 4.74 Å². The predicted molar refractivity (Wildman–Crippen MR) is 70.7 cm³/mol. The molecule has 0 saturated carbocycles. The van der Waals surface area contributed by atoms with Crippen molar-refractivity contribution in [2.24, 2.45) is 5.92 Å². The first kappa shape index (κ1) is 13.4. The van der Waals surface area contributed by atoms with Crippen molar-refractivity contribution in [3.63, 3.8) is 0 Å². The highest BCUT2D eigenvalue weighted by Crippen LogP contribution is 2.33. The van der Waals surface area contributed by atoms with Crippen molar-refractivity contribution in [2.45, 2.75) is 33.1 Å². The normalized spacial score (nSPS) is 12.9. The lowest BCUT2D eigenvalue weighted by Crippen LogP contribution is -2.10. The third-order valence-electron chi connectivity index (χ3n) is 3.07. The molecule has 0 saturated heterocycles. The quantitative estimate of drug-likeness (QED) is 0.700. The van der Waals surface area contributed by atoms with Crippen LogP contribution >= 0.6 is 11.6 Å². The number of hydrogen-bond acceptors (Lipinski definition) is 1. The second-order valence-electron chi connectivity index (χ2n) is 4.43. The molecule has 1 atom stereocenters. The minimum Gasteiger partial charge on any atom is -0.496 e. The Balaban J connectivity index is 3.15. The van der Waals surface area contributed by atoms with Gasteiger partial charge in [-0.2, -0.15) is 0 Å². The van der Waals surface area contributed by atoms with Crippen LogP contribution in [0.15, 0.2) is 18.2 Å². The number of ether oxygens (including phenoxy) is 1. The number of alkyl halides is 1. The van der Waals surface area contributed by atoms with Gasteiger partial charge in [-0.1, -0.05) is 32.9 Å². The van der Waals surface area contributed by atoms with Crippen LogP contribution in [-0.2, 0) is 6.42 Å².